The summed E-state index contributed by atoms with van der Waals surface area (Å²) in [7, 11) is 0. The molecule has 94 valence electrons. The summed E-state index contributed by atoms with van der Waals surface area (Å²) in [6.07, 6.45) is 2.69. The molecule has 0 bridgehead atoms. The molecule has 2 aliphatic rings. The van der Waals surface area contributed by atoms with Crippen molar-refractivity contribution in [2.75, 3.05) is 52.5 Å². The number of hydrogen-bond donors (Lipinski definition) is 0. The average Bonchev–Trinajstić information content (AvgIpc) is 2.17. The van der Waals surface area contributed by atoms with Gasteiger partial charge in [-0.3, -0.25) is 4.90 Å². The van der Waals surface area contributed by atoms with E-state index in [0.717, 1.165) is 19.8 Å². The Kier molecular flexibility index (Phi) is 4.22. The minimum absolute atomic E-state index is 0.681. The van der Waals surface area contributed by atoms with Crippen LogP contribution in [0.5, 0.6) is 0 Å². The van der Waals surface area contributed by atoms with Crippen LogP contribution >= 0.6 is 0 Å². The molecule has 3 nitrogen and oxygen atoms in total. The van der Waals surface area contributed by atoms with Crippen molar-refractivity contribution in [2.45, 2.75) is 26.7 Å². The number of ether oxygens (including phenoxy) is 1. The van der Waals surface area contributed by atoms with Crippen molar-refractivity contribution in [3.05, 3.63) is 0 Å². The van der Waals surface area contributed by atoms with E-state index in [1.54, 1.807) is 0 Å². The van der Waals surface area contributed by atoms with Crippen molar-refractivity contribution in [1.29, 1.82) is 0 Å². The lowest BCUT2D eigenvalue weighted by Crippen LogP contribution is -2.72. The highest BCUT2D eigenvalue weighted by molar-refractivity contribution is 5.05. The lowest BCUT2D eigenvalue weighted by atomic mass is 9.73. The zero-order valence-corrected chi connectivity index (χ0v) is 10.9. The summed E-state index contributed by atoms with van der Waals surface area (Å²) in [4.78, 5) is 5.15. The number of unbranched alkanes of at least 4 members (excludes halogenated alkanes) is 1. The van der Waals surface area contributed by atoms with Gasteiger partial charge in [0, 0.05) is 44.7 Å². The minimum atomic E-state index is 0.681. The van der Waals surface area contributed by atoms with Crippen LogP contribution in [0.1, 0.15) is 26.7 Å². The third-order valence-electron chi connectivity index (χ3n) is 3.82. The molecule has 0 saturated carbocycles. The minimum Gasteiger partial charge on any atom is -0.380 e. The normalized spacial score (nSPS) is 24.4. The lowest BCUT2D eigenvalue weighted by molar-refractivity contribution is -0.119. The van der Waals surface area contributed by atoms with Gasteiger partial charge in [0.1, 0.15) is 0 Å². The molecule has 2 fully saturated rings. The van der Waals surface area contributed by atoms with E-state index in [0.29, 0.717) is 5.41 Å². The fraction of sp³-hybridized carbons (Fsp3) is 1.00. The van der Waals surface area contributed by atoms with Crippen LogP contribution in [0.2, 0.25) is 0 Å². The van der Waals surface area contributed by atoms with Crippen LogP contribution in [-0.4, -0.2) is 62.3 Å². The van der Waals surface area contributed by atoms with Gasteiger partial charge in [0.05, 0.1) is 6.61 Å². The highest BCUT2D eigenvalue weighted by Gasteiger charge is 2.50. The van der Waals surface area contributed by atoms with Gasteiger partial charge >= 0.3 is 0 Å². The van der Waals surface area contributed by atoms with E-state index < -0.39 is 0 Å². The fourth-order valence-corrected chi connectivity index (χ4v) is 3.04. The number of likely N-dealkylation sites (tertiary alicyclic amines) is 2. The van der Waals surface area contributed by atoms with Crippen molar-refractivity contribution in [2.24, 2.45) is 5.41 Å². The zero-order valence-electron chi connectivity index (χ0n) is 10.9. The largest absolute Gasteiger partial charge is 0.380 e. The Labute approximate surface area is 99.7 Å². The number of rotatable bonds is 7. The second kappa shape index (κ2) is 5.48. The van der Waals surface area contributed by atoms with Gasteiger partial charge in [-0.2, -0.15) is 0 Å². The lowest BCUT2D eigenvalue weighted by Gasteiger charge is -2.60. The molecule has 0 radical (unpaired) electrons. The molecule has 0 atom stereocenters. The molecular formula is C13H26N2O. The van der Waals surface area contributed by atoms with Crippen LogP contribution in [0, 0.1) is 5.41 Å². The van der Waals surface area contributed by atoms with Crippen LogP contribution < -0.4 is 0 Å². The molecular weight excluding hydrogens is 200 g/mol. The topological polar surface area (TPSA) is 15.7 Å². The van der Waals surface area contributed by atoms with Crippen LogP contribution in [0.4, 0.5) is 0 Å². The smallest absolute Gasteiger partial charge is 0.0593 e. The van der Waals surface area contributed by atoms with E-state index in [-0.39, 0.29) is 0 Å². The molecule has 0 aromatic carbocycles. The first-order valence-electron chi connectivity index (χ1n) is 6.80. The van der Waals surface area contributed by atoms with E-state index in [4.69, 9.17) is 4.74 Å². The summed E-state index contributed by atoms with van der Waals surface area (Å²) in [6, 6.07) is 0. The second-order valence-electron chi connectivity index (χ2n) is 5.47. The first-order valence-corrected chi connectivity index (χ1v) is 6.80. The van der Waals surface area contributed by atoms with Crippen molar-refractivity contribution < 1.29 is 4.74 Å². The predicted molar refractivity (Wildman–Crippen MR) is 66.7 cm³/mol. The Morgan fingerprint density at radius 3 is 2.19 bits per heavy atom. The van der Waals surface area contributed by atoms with E-state index in [1.807, 2.05) is 0 Å². The molecule has 2 rings (SSSR count). The molecule has 3 heteroatoms. The fourth-order valence-electron chi connectivity index (χ4n) is 3.04. The maximum absolute atomic E-state index is 5.38. The highest BCUT2D eigenvalue weighted by Crippen LogP contribution is 2.39. The molecule has 0 N–H and O–H groups in total. The Morgan fingerprint density at radius 2 is 1.62 bits per heavy atom. The maximum Gasteiger partial charge on any atom is 0.0593 e. The number of nitrogens with zero attached hydrogens (tertiary/aromatic N) is 2. The summed E-state index contributed by atoms with van der Waals surface area (Å²) >= 11 is 0. The summed E-state index contributed by atoms with van der Waals surface area (Å²) in [5.41, 5.74) is 0.681. The summed E-state index contributed by atoms with van der Waals surface area (Å²) in [6.45, 7) is 13.9. The molecule has 0 aromatic heterocycles. The van der Waals surface area contributed by atoms with Crippen LogP contribution in [0.3, 0.4) is 0 Å². The van der Waals surface area contributed by atoms with E-state index in [1.165, 1.54) is 45.6 Å². The van der Waals surface area contributed by atoms with Crippen molar-refractivity contribution in [1.82, 2.24) is 9.80 Å². The molecule has 0 unspecified atom stereocenters. The third kappa shape index (κ3) is 2.76. The first-order chi connectivity index (χ1) is 7.78. The van der Waals surface area contributed by atoms with Gasteiger partial charge < -0.3 is 9.64 Å². The monoisotopic (exact) mass is 226 g/mol. The van der Waals surface area contributed by atoms with Gasteiger partial charge in [0.15, 0.2) is 0 Å². The standard InChI is InChI=1S/C13H26N2O/c1-3-5-6-14-9-13(10-14)11-15(12-13)7-8-16-4-2/h3-12H2,1-2H3. The molecule has 1 spiro atoms. The maximum atomic E-state index is 5.38. The van der Waals surface area contributed by atoms with Crippen molar-refractivity contribution in [3.63, 3.8) is 0 Å². The third-order valence-corrected chi connectivity index (χ3v) is 3.82. The Balaban J connectivity index is 1.52. The molecule has 2 aliphatic heterocycles. The van der Waals surface area contributed by atoms with E-state index in [2.05, 4.69) is 23.6 Å². The summed E-state index contributed by atoms with van der Waals surface area (Å²) in [5.74, 6) is 0. The second-order valence-corrected chi connectivity index (χ2v) is 5.47. The van der Waals surface area contributed by atoms with Gasteiger partial charge in [0.2, 0.25) is 0 Å². The first kappa shape index (κ1) is 12.3. The molecule has 2 heterocycles. The molecule has 16 heavy (non-hydrogen) atoms. The Morgan fingerprint density at radius 1 is 1.00 bits per heavy atom. The molecule has 0 amide bonds. The highest BCUT2D eigenvalue weighted by atomic mass is 16.5. The van der Waals surface area contributed by atoms with Crippen LogP contribution in [0.15, 0.2) is 0 Å². The van der Waals surface area contributed by atoms with Crippen molar-refractivity contribution >= 4 is 0 Å². The van der Waals surface area contributed by atoms with Gasteiger partial charge in [-0.1, -0.05) is 13.3 Å². The molecule has 0 aliphatic carbocycles. The summed E-state index contributed by atoms with van der Waals surface area (Å²) < 4.78 is 5.38. The quantitative estimate of drug-likeness (QED) is 0.611. The Bertz CT molecular complexity index is 206. The van der Waals surface area contributed by atoms with Gasteiger partial charge in [-0.15, -0.1) is 0 Å². The zero-order chi connectivity index (χ0) is 11.4. The average molecular weight is 226 g/mol. The summed E-state index contributed by atoms with van der Waals surface area (Å²) in [5, 5.41) is 0. The molecule has 2 saturated heterocycles. The van der Waals surface area contributed by atoms with Gasteiger partial charge in [-0.25, -0.2) is 0 Å². The molecule has 0 aromatic rings. The predicted octanol–water partition coefficient (Wildman–Crippen LogP) is 1.44. The Hall–Kier alpha value is -0.120. The van der Waals surface area contributed by atoms with Crippen LogP contribution in [0.25, 0.3) is 0 Å². The van der Waals surface area contributed by atoms with Gasteiger partial charge in [-0.05, 0) is 19.9 Å². The van der Waals surface area contributed by atoms with Crippen LogP contribution in [-0.2, 0) is 4.74 Å². The van der Waals surface area contributed by atoms with E-state index in [9.17, 15) is 0 Å². The van der Waals surface area contributed by atoms with Gasteiger partial charge in [0.25, 0.3) is 0 Å². The van der Waals surface area contributed by atoms with Crippen molar-refractivity contribution in [3.8, 4) is 0 Å². The SMILES string of the molecule is CCCCN1CC2(C1)CN(CCOCC)C2. The number of hydrogen-bond acceptors (Lipinski definition) is 3. The van der Waals surface area contributed by atoms with E-state index >= 15 is 0 Å².